The molecule has 0 aliphatic rings. The van der Waals surface area contributed by atoms with Crippen molar-refractivity contribution in [2.24, 2.45) is 0 Å². The Kier molecular flexibility index (Phi) is 4.79. The summed E-state index contributed by atoms with van der Waals surface area (Å²) in [6.45, 7) is 2.27. The van der Waals surface area contributed by atoms with Crippen LogP contribution >= 0.6 is 15.9 Å². The van der Waals surface area contributed by atoms with Crippen molar-refractivity contribution in [3.8, 4) is 28.9 Å². The Labute approximate surface area is 130 Å². The van der Waals surface area contributed by atoms with Gasteiger partial charge in [-0.25, -0.2) is 0 Å². The van der Waals surface area contributed by atoms with E-state index in [1.165, 1.54) is 0 Å². The van der Waals surface area contributed by atoms with E-state index in [0.717, 1.165) is 0 Å². The molecule has 2 rings (SSSR count). The molecule has 0 radical (unpaired) electrons. The zero-order valence-electron chi connectivity index (χ0n) is 11.9. The fourth-order valence-corrected chi connectivity index (χ4v) is 2.43. The number of benzene rings is 1. The summed E-state index contributed by atoms with van der Waals surface area (Å²) < 4.78 is 16.6. The van der Waals surface area contributed by atoms with Gasteiger partial charge in [0.05, 0.1) is 26.4 Å². The number of rotatable bonds is 5. The minimum atomic E-state index is 0.0810. The number of anilines is 1. The molecule has 1 aromatic heterocycles. The minimum Gasteiger partial charge on any atom is -0.495 e. The van der Waals surface area contributed by atoms with E-state index < -0.39 is 0 Å². The number of methoxy groups -OCH3 is 2. The lowest BCUT2D eigenvalue weighted by molar-refractivity contribution is 0.312. The third-order valence-corrected chi connectivity index (χ3v) is 3.38. The maximum atomic E-state index is 5.69. The Bertz CT molecular complexity index is 652. The molecule has 0 aliphatic heterocycles. The van der Waals surface area contributed by atoms with E-state index in [2.05, 4.69) is 30.9 Å². The van der Waals surface area contributed by atoms with Crippen molar-refractivity contribution in [3.05, 3.63) is 16.6 Å². The van der Waals surface area contributed by atoms with Crippen molar-refractivity contribution < 1.29 is 14.2 Å². The maximum absolute atomic E-state index is 5.69. The number of hydrogen-bond acceptors (Lipinski definition) is 7. The van der Waals surface area contributed by atoms with Crippen molar-refractivity contribution in [1.82, 2.24) is 15.0 Å². The van der Waals surface area contributed by atoms with Crippen molar-refractivity contribution in [2.75, 3.05) is 26.6 Å². The van der Waals surface area contributed by atoms with Gasteiger partial charge in [-0.15, -0.1) is 0 Å². The molecular weight excluding hydrogens is 340 g/mol. The van der Waals surface area contributed by atoms with Crippen LogP contribution in [-0.2, 0) is 0 Å². The van der Waals surface area contributed by atoms with E-state index in [-0.39, 0.29) is 12.0 Å². The molecule has 0 unspecified atom stereocenters. The first kappa shape index (κ1) is 15.3. The monoisotopic (exact) mass is 354 g/mol. The average Bonchev–Trinajstić information content (AvgIpc) is 2.46. The standard InChI is InChI=1S/C13H15BrN4O3/c1-4-21-13-17-11(16-12(15)18-13)7-5-6-8(19-2)9(14)10(7)20-3/h5-6H,4H2,1-3H3,(H2,15,16,17,18). The maximum Gasteiger partial charge on any atom is 0.321 e. The molecule has 0 atom stereocenters. The summed E-state index contributed by atoms with van der Waals surface area (Å²) in [5.74, 6) is 1.63. The van der Waals surface area contributed by atoms with Crippen LogP contribution in [0, 0.1) is 0 Å². The molecule has 1 heterocycles. The predicted molar refractivity (Wildman–Crippen MR) is 81.6 cm³/mol. The van der Waals surface area contributed by atoms with Crippen LogP contribution in [0.3, 0.4) is 0 Å². The summed E-state index contributed by atoms with van der Waals surface area (Å²) in [5.41, 5.74) is 6.35. The van der Waals surface area contributed by atoms with Gasteiger partial charge < -0.3 is 19.9 Å². The molecule has 2 aromatic rings. The summed E-state index contributed by atoms with van der Waals surface area (Å²) in [4.78, 5) is 12.3. The molecule has 8 heteroatoms. The highest BCUT2D eigenvalue weighted by Crippen LogP contribution is 2.41. The number of aromatic nitrogens is 3. The van der Waals surface area contributed by atoms with E-state index in [1.54, 1.807) is 26.4 Å². The normalized spacial score (nSPS) is 10.3. The number of nitrogen functional groups attached to an aromatic ring is 1. The number of nitrogens with zero attached hydrogens (tertiary/aromatic N) is 3. The van der Waals surface area contributed by atoms with Crippen molar-refractivity contribution >= 4 is 21.9 Å². The van der Waals surface area contributed by atoms with Crippen molar-refractivity contribution in [3.63, 3.8) is 0 Å². The molecule has 0 spiro atoms. The van der Waals surface area contributed by atoms with E-state index in [4.69, 9.17) is 19.9 Å². The first-order chi connectivity index (χ1) is 10.1. The molecule has 21 heavy (non-hydrogen) atoms. The van der Waals surface area contributed by atoms with Crippen LogP contribution < -0.4 is 19.9 Å². The molecule has 0 saturated heterocycles. The molecule has 0 amide bonds. The van der Waals surface area contributed by atoms with Gasteiger partial charge in [-0.1, -0.05) is 0 Å². The molecule has 2 N–H and O–H groups in total. The minimum absolute atomic E-state index is 0.0810. The second-order valence-corrected chi connectivity index (χ2v) is 4.69. The molecular formula is C13H15BrN4O3. The summed E-state index contributed by atoms with van der Waals surface area (Å²) >= 11 is 3.43. The Morgan fingerprint density at radius 2 is 1.90 bits per heavy atom. The van der Waals surface area contributed by atoms with E-state index in [0.29, 0.717) is 34.0 Å². The summed E-state index contributed by atoms with van der Waals surface area (Å²) in [6, 6.07) is 3.74. The van der Waals surface area contributed by atoms with E-state index in [1.807, 2.05) is 6.92 Å². The molecule has 0 aliphatic carbocycles. The highest BCUT2D eigenvalue weighted by atomic mass is 79.9. The predicted octanol–water partition coefficient (Wildman–Crippen LogP) is 2.30. The van der Waals surface area contributed by atoms with Gasteiger partial charge in [0.25, 0.3) is 0 Å². The van der Waals surface area contributed by atoms with Crippen LogP contribution in [-0.4, -0.2) is 35.8 Å². The fraction of sp³-hybridized carbons (Fsp3) is 0.308. The first-order valence-corrected chi connectivity index (χ1v) is 6.95. The molecule has 0 fully saturated rings. The average molecular weight is 355 g/mol. The van der Waals surface area contributed by atoms with Gasteiger partial charge in [0, 0.05) is 0 Å². The van der Waals surface area contributed by atoms with Gasteiger partial charge in [0.2, 0.25) is 5.95 Å². The third kappa shape index (κ3) is 3.15. The number of hydrogen-bond donors (Lipinski definition) is 1. The molecule has 112 valence electrons. The quantitative estimate of drug-likeness (QED) is 0.880. The Hall–Kier alpha value is -2.09. The lowest BCUT2D eigenvalue weighted by atomic mass is 10.2. The van der Waals surface area contributed by atoms with E-state index in [9.17, 15) is 0 Å². The van der Waals surface area contributed by atoms with Crippen LogP contribution in [0.1, 0.15) is 6.92 Å². The lowest BCUT2D eigenvalue weighted by Crippen LogP contribution is -2.05. The Balaban J connectivity index is 2.58. The van der Waals surface area contributed by atoms with Crippen molar-refractivity contribution in [1.29, 1.82) is 0 Å². The van der Waals surface area contributed by atoms with Crippen LogP contribution in [0.4, 0.5) is 5.95 Å². The summed E-state index contributed by atoms with van der Waals surface area (Å²) in [6.07, 6.45) is 0. The second kappa shape index (κ2) is 6.57. The lowest BCUT2D eigenvalue weighted by Gasteiger charge is -2.13. The van der Waals surface area contributed by atoms with Gasteiger partial charge in [0.1, 0.15) is 16.0 Å². The number of halogens is 1. The van der Waals surface area contributed by atoms with Gasteiger partial charge in [-0.2, -0.15) is 15.0 Å². The topological polar surface area (TPSA) is 92.4 Å². The fourth-order valence-electron chi connectivity index (χ4n) is 1.76. The van der Waals surface area contributed by atoms with Gasteiger partial charge in [-0.3, -0.25) is 0 Å². The molecule has 1 aromatic carbocycles. The first-order valence-electron chi connectivity index (χ1n) is 6.15. The number of ether oxygens (including phenoxy) is 3. The van der Waals surface area contributed by atoms with Gasteiger partial charge in [-0.05, 0) is 35.0 Å². The smallest absolute Gasteiger partial charge is 0.321 e. The SMILES string of the molecule is CCOc1nc(N)nc(-c2ccc(OC)c(Br)c2OC)n1. The highest BCUT2D eigenvalue weighted by molar-refractivity contribution is 9.10. The zero-order valence-corrected chi connectivity index (χ0v) is 13.5. The molecule has 7 nitrogen and oxygen atoms in total. The second-order valence-electron chi connectivity index (χ2n) is 3.90. The molecule has 0 saturated carbocycles. The van der Waals surface area contributed by atoms with Crippen LogP contribution in [0.25, 0.3) is 11.4 Å². The summed E-state index contributed by atoms with van der Waals surface area (Å²) in [5, 5.41) is 0. The Morgan fingerprint density at radius 1 is 1.14 bits per heavy atom. The van der Waals surface area contributed by atoms with E-state index >= 15 is 0 Å². The summed E-state index contributed by atoms with van der Waals surface area (Å²) in [7, 11) is 3.13. The molecule has 0 bridgehead atoms. The van der Waals surface area contributed by atoms with Crippen LogP contribution in [0.15, 0.2) is 16.6 Å². The van der Waals surface area contributed by atoms with Gasteiger partial charge in [0.15, 0.2) is 5.82 Å². The van der Waals surface area contributed by atoms with Gasteiger partial charge >= 0.3 is 6.01 Å². The third-order valence-electron chi connectivity index (χ3n) is 2.63. The number of nitrogens with two attached hydrogens (primary N) is 1. The van der Waals surface area contributed by atoms with Crippen LogP contribution in [0.5, 0.6) is 17.5 Å². The largest absolute Gasteiger partial charge is 0.495 e. The van der Waals surface area contributed by atoms with Crippen LogP contribution in [0.2, 0.25) is 0 Å². The zero-order chi connectivity index (χ0) is 15.4. The van der Waals surface area contributed by atoms with Crippen molar-refractivity contribution in [2.45, 2.75) is 6.92 Å². The highest BCUT2D eigenvalue weighted by Gasteiger charge is 2.17. The Morgan fingerprint density at radius 3 is 2.52 bits per heavy atom.